The number of aliphatic hydroxyl groups excluding tert-OH is 1. The average Bonchev–Trinajstić information content (AvgIpc) is 2.45. The molecule has 1 atom stereocenters. The van der Waals surface area contributed by atoms with Crippen molar-refractivity contribution in [2.45, 2.75) is 85.4 Å². The zero-order valence-corrected chi connectivity index (χ0v) is 15.6. The van der Waals surface area contributed by atoms with E-state index < -0.39 is 0 Å². The molecule has 132 valence electrons. The number of hydrogen-bond donors (Lipinski definition) is 1. The van der Waals surface area contributed by atoms with Gasteiger partial charge in [-0.05, 0) is 62.9 Å². The smallest absolute Gasteiger partial charge is 0.0900 e. The van der Waals surface area contributed by atoms with Gasteiger partial charge in [-0.1, -0.05) is 34.6 Å². The van der Waals surface area contributed by atoms with Crippen molar-refractivity contribution in [3.05, 3.63) is 0 Å². The number of ether oxygens (including phenoxy) is 1. The Labute approximate surface area is 138 Å². The van der Waals surface area contributed by atoms with Crippen molar-refractivity contribution in [2.24, 2.45) is 11.3 Å². The van der Waals surface area contributed by atoms with Crippen LogP contribution in [0.1, 0.15) is 73.1 Å². The van der Waals surface area contributed by atoms with Gasteiger partial charge in [0.2, 0.25) is 0 Å². The quantitative estimate of drug-likeness (QED) is 0.696. The minimum atomic E-state index is -0.349. The highest BCUT2D eigenvalue weighted by Crippen LogP contribution is 2.38. The summed E-state index contributed by atoms with van der Waals surface area (Å²) in [5.41, 5.74) is 0.422. The van der Waals surface area contributed by atoms with Crippen LogP contribution in [0.2, 0.25) is 0 Å². The minimum absolute atomic E-state index is 0.349. The predicted molar refractivity (Wildman–Crippen MR) is 94.2 cm³/mol. The van der Waals surface area contributed by atoms with Gasteiger partial charge in [0.25, 0.3) is 0 Å². The summed E-state index contributed by atoms with van der Waals surface area (Å²) in [7, 11) is 0. The number of rotatable bonds is 9. The van der Waals surface area contributed by atoms with Crippen LogP contribution >= 0.6 is 0 Å². The fourth-order valence-corrected chi connectivity index (χ4v) is 3.62. The Balaban J connectivity index is 2.23. The predicted octanol–water partition coefficient (Wildman–Crippen LogP) is 4.09. The van der Waals surface area contributed by atoms with E-state index in [-0.39, 0.29) is 6.10 Å². The van der Waals surface area contributed by atoms with E-state index in [0.29, 0.717) is 18.1 Å². The molecule has 0 heterocycles. The molecular weight excluding hydrogens is 274 g/mol. The van der Waals surface area contributed by atoms with Gasteiger partial charge >= 0.3 is 0 Å². The Morgan fingerprint density at radius 1 is 1.05 bits per heavy atom. The first-order chi connectivity index (χ1) is 10.4. The van der Waals surface area contributed by atoms with Gasteiger partial charge in [-0.2, -0.15) is 0 Å². The second-order valence-corrected chi connectivity index (χ2v) is 8.13. The molecule has 1 rings (SSSR count). The van der Waals surface area contributed by atoms with E-state index >= 15 is 0 Å². The lowest BCUT2D eigenvalue weighted by Gasteiger charge is -2.37. The highest BCUT2D eigenvalue weighted by molar-refractivity contribution is 4.81. The molecule has 0 aromatic rings. The van der Waals surface area contributed by atoms with E-state index in [1.54, 1.807) is 0 Å². The van der Waals surface area contributed by atoms with E-state index in [1.165, 1.54) is 12.8 Å². The summed E-state index contributed by atoms with van der Waals surface area (Å²) in [6.45, 7) is 14.8. The van der Waals surface area contributed by atoms with Gasteiger partial charge in [-0.3, -0.25) is 0 Å². The van der Waals surface area contributed by atoms with Crippen molar-refractivity contribution in [1.82, 2.24) is 4.90 Å². The molecular formula is C19H39NO2. The Hall–Kier alpha value is -0.120. The summed E-state index contributed by atoms with van der Waals surface area (Å²) >= 11 is 0. The average molecular weight is 314 g/mol. The Morgan fingerprint density at radius 2 is 1.59 bits per heavy atom. The highest BCUT2D eigenvalue weighted by Gasteiger charge is 2.30. The molecule has 22 heavy (non-hydrogen) atoms. The molecule has 3 heteroatoms. The molecule has 0 aromatic carbocycles. The van der Waals surface area contributed by atoms with Crippen LogP contribution in [0.15, 0.2) is 0 Å². The largest absolute Gasteiger partial charge is 0.389 e. The molecule has 0 aromatic heterocycles. The lowest BCUT2D eigenvalue weighted by Crippen LogP contribution is -2.37. The molecule has 1 N–H and O–H groups in total. The molecule has 0 radical (unpaired) electrons. The zero-order valence-electron chi connectivity index (χ0n) is 15.6. The van der Waals surface area contributed by atoms with Gasteiger partial charge in [0.15, 0.2) is 0 Å². The molecule has 1 saturated carbocycles. The molecule has 3 nitrogen and oxygen atoms in total. The maximum atomic E-state index is 10.2. The van der Waals surface area contributed by atoms with Crippen LogP contribution in [0.5, 0.6) is 0 Å². The van der Waals surface area contributed by atoms with Crippen LogP contribution in [-0.4, -0.2) is 48.5 Å². The second kappa shape index (κ2) is 9.89. The lowest BCUT2D eigenvalue weighted by molar-refractivity contribution is -0.0443. The van der Waals surface area contributed by atoms with E-state index in [1.807, 2.05) is 0 Å². The zero-order chi connectivity index (χ0) is 16.6. The van der Waals surface area contributed by atoms with Crippen molar-refractivity contribution in [3.8, 4) is 0 Å². The van der Waals surface area contributed by atoms with Crippen molar-refractivity contribution in [2.75, 3.05) is 26.2 Å². The molecule has 0 saturated heterocycles. The van der Waals surface area contributed by atoms with E-state index in [4.69, 9.17) is 4.74 Å². The van der Waals surface area contributed by atoms with Crippen LogP contribution in [0.4, 0.5) is 0 Å². The van der Waals surface area contributed by atoms with Crippen molar-refractivity contribution in [1.29, 1.82) is 0 Å². The van der Waals surface area contributed by atoms with Gasteiger partial charge in [-0.15, -0.1) is 0 Å². The van der Waals surface area contributed by atoms with Gasteiger partial charge in [0.1, 0.15) is 0 Å². The molecule has 1 fully saturated rings. The molecule has 0 bridgehead atoms. The highest BCUT2D eigenvalue weighted by atomic mass is 16.5. The third-order valence-corrected chi connectivity index (χ3v) is 4.97. The second-order valence-electron chi connectivity index (χ2n) is 8.13. The summed E-state index contributed by atoms with van der Waals surface area (Å²) in [6.07, 6.45) is 7.14. The molecule has 0 unspecified atom stereocenters. The first kappa shape index (κ1) is 19.9. The topological polar surface area (TPSA) is 32.7 Å². The number of aliphatic hydroxyl groups is 1. The standard InChI is InChI=1S/C19H39NO2/c1-6-12-20(13-7-2)14-17(21)15-22-18-10-8-16(9-11-18)19(3,4)5/h16-18,21H,6-15H2,1-5H3/t16?,17-,18?/m0/s1. The summed E-state index contributed by atoms with van der Waals surface area (Å²) in [4.78, 5) is 2.35. The molecule has 1 aliphatic carbocycles. The molecule has 0 aliphatic heterocycles. The van der Waals surface area contributed by atoms with Crippen LogP contribution in [0, 0.1) is 11.3 Å². The monoisotopic (exact) mass is 313 g/mol. The third-order valence-electron chi connectivity index (χ3n) is 4.97. The van der Waals surface area contributed by atoms with E-state index in [9.17, 15) is 5.11 Å². The first-order valence-corrected chi connectivity index (χ1v) is 9.38. The van der Waals surface area contributed by atoms with Gasteiger partial charge in [0, 0.05) is 6.54 Å². The summed E-state index contributed by atoms with van der Waals surface area (Å²) in [6, 6.07) is 0. The minimum Gasteiger partial charge on any atom is -0.389 e. The van der Waals surface area contributed by atoms with Gasteiger partial charge in [0.05, 0.1) is 18.8 Å². The van der Waals surface area contributed by atoms with Crippen molar-refractivity contribution in [3.63, 3.8) is 0 Å². The Kier molecular flexibility index (Phi) is 8.96. The summed E-state index contributed by atoms with van der Waals surface area (Å²) in [5.74, 6) is 0.821. The van der Waals surface area contributed by atoms with Gasteiger partial charge < -0.3 is 14.7 Å². The lowest BCUT2D eigenvalue weighted by atomic mass is 9.72. The number of hydrogen-bond acceptors (Lipinski definition) is 3. The van der Waals surface area contributed by atoms with Crippen LogP contribution < -0.4 is 0 Å². The van der Waals surface area contributed by atoms with Crippen molar-refractivity contribution >= 4 is 0 Å². The van der Waals surface area contributed by atoms with E-state index in [0.717, 1.165) is 51.2 Å². The van der Waals surface area contributed by atoms with Crippen LogP contribution in [-0.2, 0) is 4.74 Å². The molecule has 1 aliphatic rings. The first-order valence-electron chi connectivity index (χ1n) is 9.38. The third kappa shape index (κ3) is 7.43. The SMILES string of the molecule is CCCN(CCC)C[C@H](O)COC1CCC(C(C)(C)C)CC1. The van der Waals surface area contributed by atoms with Crippen LogP contribution in [0.25, 0.3) is 0 Å². The van der Waals surface area contributed by atoms with Crippen molar-refractivity contribution < 1.29 is 9.84 Å². The summed E-state index contributed by atoms with van der Waals surface area (Å²) < 4.78 is 5.99. The molecule has 0 amide bonds. The summed E-state index contributed by atoms with van der Waals surface area (Å²) in [5, 5.41) is 10.2. The number of nitrogens with zero attached hydrogens (tertiary/aromatic N) is 1. The maximum Gasteiger partial charge on any atom is 0.0900 e. The van der Waals surface area contributed by atoms with Crippen LogP contribution in [0.3, 0.4) is 0 Å². The maximum absolute atomic E-state index is 10.2. The Bertz CT molecular complexity index is 274. The van der Waals surface area contributed by atoms with Gasteiger partial charge in [-0.25, -0.2) is 0 Å². The normalized spacial score (nSPS) is 24.7. The fourth-order valence-electron chi connectivity index (χ4n) is 3.62. The van der Waals surface area contributed by atoms with E-state index in [2.05, 4.69) is 39.5 Å². The molecule has 0 spiro atoms. The Morgan fingerprint density at radius 3 is 2.05 bits per heavy atom. The fraction of sp³-hybridized carbons (Fsp3) is 1.00.